The van der Waals surface area contributed by atoms with Gasteiger partial charge in [-0.05, 0) is 30.7 Å². The molecule has 2 amide bonds. The lowest BCUT2D eigenvalue weighted by Gasteiger charge is -2.24. The van der Waals surface area contributed by atoms with Gasteiger partial charge in [-0.25, -0.2) is 4.79 Å². The van der Waals surface area contributed by atoms with Crippen LogP contribution in [0.3, 0.4) is 0 Å². The fraction of sp³-hybridized carbons (Fsp3) is 0.611. The van der Waals surface area contributed by atoms with E-state index >= 15 is 0 Å². The van der Waals surface area contributed by atoms with Gasteiger partial charge >= 0.3 is 6.03 Å². The Morgan fingerprint density at radius 2 is 2.09 bits per heavy atom. The van der Waals surface area contributed by atoms with Crippen molar-refractivity contribution < 1.29 is 9.90 Å². The van der Waals surface area contributed by atoms with Crippen LogP contribution >= 0.6 is 0 Å². The number of benzene rings is 1. The lowest BCUT2D eigenvalue weighted by molar-refractivity contribution is 0.114. The zero-order valence-electron chi connectivity index (χ0n) is 13.7. The Bertz CT molecular complexity index is 463. The van der Waals surface area contributed by atoms with Crippen LogP contribution in [0.15, 0.2) is 30.3 Å². The summed E-state index contributed by atoms with van der Waals surface area (Å²) in [5.41, 5.74) is 1.30. The largest absolute Gasteiger partial charge is 0.393 e. The smallest absolute Gasteiger partial charge is 0.317 e. The molecule has 0 bridgehead atoms. The molecular formula is C18H28N2O2. The average molecular weight is 304 g/mol. The van der Waals surface area contributed by atoms with E-state index in [1.165, 1.54) is 5.56 Å². The maximum atomic E-state index is 12.1. The van der Waals surface area contributed by atoms with Gasteiger partial charge in [0.05, 0.1) is 6.10 Å². The number of nitrogens with zero attached hydrogens (tertiary/aromatic N) is 1. The Balaban J connectivity index is 1.68. The molecule has 0 aromatic heterocycles. The molecule has 4 nitrogen and oxygen atoms in total. The van der Waals surface area contributed by atoms with Crippen LogP contribution in [-0.2, 0) is 0 Å². The second-order valence-corrected chi connectivity index (χ2v) is 6.47. The Morgan fingerprint density at radius 1 is 1.36 bits per heavy atom. The molecule has 2 rings (SSSR count). The molecule has 0 heterocycles. The maximum absolute atomic E-state index is 12.1. The van der Waals surface area contributed by atoms with Crippen molar-refractivity contribution in [3.63, 3.8) is 0 Å². The first-order valence-corrected chi connectivity index (χ1v) is 8.30. The minimum Gasteiger partial charge on any atom is -0.393 e. The van der Waals surface area contributed by atoms with Crippen molar-refractivity contribution in [1.82, 2.24) is 10.2 Å². The maximum Gasteiger partial charge on any atom is 0.317 e. The van der Waals surface area contributed by atoms with E-state index in [0.717, 1.165) is 25.7 Å². The highest BCUT2D eigenvalue weighted by molar-refractivity contribution is 5.73. The van der Waals surface area contributed by atoms with Crippen molar-refractivity contribution in [2.75, 3.05) is 20.1 Å². The molecule has 1 aromatic carbocycles. The predicted molar refractivity (Wildman–Crippen MR) is 88.9 cm³/mol. The first-order chi connectivity index (χ1) is 10.6. The third-order valence-electron chi connectivity index (χ3n) is 4.70. The van der Waals surface area contributed by atoms with Crippen LogP contribution in [0, 0.1) is 5.92 Å². The highest BCUT2D eigenvalue weighted by Crippen LogP contribution is 2.26. The molecule has 0 saturated heterocycles. The fourth-order valence-electron chi connectivity index (χ4n) is 3.14. The number of amides is 2. The SMILES string of the molecule is C[C@H](CCNC(=O)N(C)C[C@H]1CCC[C@@H]1O)c1ccccc1. The summed E-state index contributed by atoms with van der Waals surface area (Å²) in [5, 5.41) is 12.8. The minimum atomic E-state index is -0.242. The molecular weight excluding hydrogens is 276 g/mol. The molecule has 1 aromatic rings. The molecule has 2 N–H and O–H groups in total. The summed E-state index contributed by atoms with van der Waals surface area (Å²) < 4.78 is 0. The monoisotopic (exact) mass is 304 g/mol. The lowest BCUT2D eigenvalue weighted by Crippen LogP contribution is -2.41. The molecule has 1 aliphatic rings. The first kappa shape index (κ1) is 16.8. The molecule has 0 radical (unpaired) electrons. The number of nitrogens with one attached hydrogen (secondary N) is 1. The first-order valence-electron chi connectivity index (χ1n) is 8.30. The quantitative estimate of drug-likeness (QED) is 0.849. The summed E-state index contributed by atoms with van der Waals surface area (Å²) in [6.45, 7) is 3.49. The van der Waals surface area contributed by atoms with Crippen molar-refractivity contribution >= 4 is 6.03 Å². The Morgan fingerprint density at radius 3 is 2.73 bits per heavy atom. The fourth-order valence-corrected chi connectivity index (χ4v) is 3.14. The van der Waals surface area contributed by atoms with E-state index in [1.54, 1.807) is 11.9 Å². The summed E-state index contributed by atoms with van der Waals surface area (Å²) in [5.74, 6) is 0.669. The second-order valence-electron chi connectivity index (χ2n) is 6.47. The summed E-state index contributed by atoms with van der Waals surface area (Å²) in [4.78, 5) is 13.8. The zero-order chi connectivity index (χ0) is 15.9. The Hall–Kier alpha value is -1.55. The molecule has 1 aliphatic carbocycles. The molecule has 3 atom stereocenters. The molecule has 1 fully saturated rings. The van der Waals surface area contributed by atoms with Gasteiger partial charge in [0.1, 0.15) is 0 Å². The summed E-state index contributed by atoms with van der Waals surface area (Å²) in [6, 6.07) is 10.3. The van der Waals surface area contributed by atoms with Crippen LogP contribution in [-0.4, -0.2) is 42.3 Å². The number of hydrogen-bond acceptors (Lipinski definition) is 2. The summed E-state index contributed by atoms with van der Waals surface area (Å²) in [7, 11) is 1.81. The summed E-state index contributed by atoms with van der Waals surface area (Å²) >= 11 is 0. The number of aliphatic hydroxyl groups excluding tert-OH is 1. The van der Waals surface area contributed by atoms with Gasteiger partial charge in [0.15, 0.2) is 0 Å². The van der Waals surface area contributed by atoms with E-state index in [4.69, 9.17) is 0 Å². The van der Waals surface area contributed by atoms with Crippen molar-refractivity contribution in [3.8, 4) is 0 Å². The van der Waals surface area contributed by atoms with Crippen molar-refractivity contribution in [1.29, 1.82) is 0 Å². The molecule has 0 unspecified atom stereocenters. The minimum absolute atomic E-state index is 0.0423. The lowest BCUT2D eigenvalue weighted by atomic mass is 9.98. The predicted octanol–water partition coefficient (Wildman–Crippen LogP) is 2.98. The third-order valence-corrected chi connectivity index (χ3v) is 4.70. The van der Waals surface area contributed by atoms with Gasteiger partial charge in [-0.1, -0.05) is 43.7 Å². The van der Waals surface area contributed by atoms with Crippen LogP contribution < -0.4 is 5.32 Å². The number of urea groups is 1. The number of hydrogen-bond donors (Lipinski definition) is 2. The number of aliphatic hydroxyl groups is 1. The standard InChI is InChI=1S/C18H28N2O2/c1-14(15-7-4-3-5-8-15)11-12-19-18(22)20(2)13-16-9-6-10-17(16)21/h3-5,7-8,14,16-17,21H,6,9-13H2,1-2H3,(H,19,22)/t14-,16-,17+/m1/s1. The number of rotatable bonds is 6. The van der Waals surface area contributed by atoms with E-state index in [-0.39, 0.29) is 18.1 Å². The van der Waals surface area contributed by atoms with Crippen LogP contribution in [0.2, 0.25) is 0 Å². The molecule has 22 heavy (non-hydrogen) atoms. The Kier molecular flexibility index (Phi) is 6.25. The van der Waals surface area contributed by atoms with E-state index < -0.39 is 0 Å². The van der Waals surface area contributed by atoms with Gasteiger partial charge in [0.2, 0.25) is 0 Å². The van der Waals surface area contributed by atoms with Crippen molar-refractivity contribution in [2.45, 2.75) is 44.6 Å². The van der Waals surface area contributed by atoms with Crippen LogP contribution in [0.1, 0.15) is 44.1 Å². The normalized spacial score (nSPS) is 22.3. The van der Waals surface area contributed by atoms with E-state index in [9.17, 15) is 9.90 Å². The van der Waals surface area contributed by atoms with Gasteiger partial charge in [0.25, 0.3) is 0 Å². The second kappa shape index (κ2) is 8.18. The molecule has 0 spiro atoms. The van der Waals surface area contributed by atoms with Gasteiger partial charge in [-0.2, -0.15) is 0 Å². The zero-order valence-corrected chi connectivity index (χ0v) is 13.7. The highest BCUT2D eigenvalue weighted by atomic mass is 16.3. The van der Waals surface area contributed by atoms with Gasteiger partial charge in [-0.15, -0.1) is 0 Å². The van der Waals surface area contributed by atoms with Gasteiger partial charge in [0, 0.05) is 26.1 Å². The molecule has 1 saturated carbocycles. The topological polar surface area (TPSA) is 52.6 Å². The van der Waals surface area contributed by atoms with Crippen LogP contribution in [0.5, 0.6) is 0 Å². The van der Waals surface area contributed by atoms with E-state index in [1.807, 2.05) is 18.2 Å². The van der Waals surface area contributed by atoms with Crippen molar-refractivity contribution in [3.05, 3.63) is 35.9 Å². The number of carbonyl (C=O) groups excluding carboxylic acids is 1. The van der Waals surface area contributed by atoms with Crippen LogP contribution in [0.25, 0.3) is 0 Å². The molecule has 0 aliphatic heterocycles. The van der Waals surface area contributed by atoms with Gasteiger partial charge < -0.3 is 15.3 Å². The van der Waals surface area contributed by atoms with Gasteiger partial charge in [-0.3, -0.25) is 0 Å². The summed E-state index contributed by atoms with van der Waals surface area (Å²) in [6.07, 6.45) is 3.64. The number of carbonyl (C=O) groups is 1. The molecule has 122 valence electrons. The van der Waals surface area contributed by atoms with Crippen molar-refractivity contribution in [2.24, 2.45) is 5.92 Å². The van der Waals surface area contributed by atoms with Crippen LogP contribution in [0.4, 0.5) is 4.79 Å². The van der Waals surface area contributed by atoms with E-state index in [2.05, 4.69) is 24.4 Å². The average Bonchev–Trinajstić information content (AvgIpc) is 2.93. The Labute approximate surface area is 133 Å². The third kappa shape index (κ3) is 4.73. The highest BCUT2D eigenvalue weighted by Gasteiger charge is 2.27. The molecule has 4 heteroatoms. The van der Waals surface area contributed by atoms with E-state index in [0.29, 0.717) is 19.0 Å².